The van der Waals surface area contributed by atoms with E-state index in [1.807, 2.05) is 30.3 Å². The Kier molecular flexibility index (Phi) is 5.44. The molecule has 2 heterocycles. The fraction of sp³-hybridized carbons (Fsp3) is 0.130. The summed E-state index contributed by atoms with van der Waals surface area (Å²) in [4.78, 5) is 28.9. The maximum atomic E-state index is 13.6. The molecule has 156 valence electrons. The lowest BCUT2D eigenvalue weighted by Gasteiger charge is -2.12. The van der Waals surface area contributed by atoms with Gasteiger partial charge < -0.3 is 10.5 Å². The van der Waals surface area contributed by atoms with Gasteiger partial charge in [-0.2, -0.15) is 5.10 Å². The van der Waals surface area contributed by atoms with Crippen molar-refractivity contribution in [3.05, 3.63) is 83.8 Å². The van der Waals surface area contributed by atoms with Crippen LogP contribution in [-0.2, 0) is 16.1 Å². The number of nitrogens with two attached hydrogens (primary N) is 1. The Morgan fingerprint density at radius 2 is 1.90 bits per heavy atom. The third-order valence-electron chi connectivity index (χ3n) is 4.80. The molecule has 4 aromatic rings. The summed E-state index contributed by atoms with van der Waals surface area (Å²) in [7, 11) is 0. The zero-order valence-electron chi connectivity index (χ0n) is 16.7. The number of nitrogens with zero attached hydrogens (tertiary/aromatic N) is 3. The normalized spacial score (nSPS) is 11.9. The van der Waals surface area contributed by atoms with Crippen molar-refractivity contribution in [2.75, 3.05) is 0 Å². The smallest absolute Gasteiger partial charge is 0.339 e. The van der Waals surface area contributed by atoms with Gasteiger partial charge in [0, 0.05) is 5.56 Å². The van der Waals surface area contributed by atoms with Gasteiger partial charge >= 0.3 is 5.97 Å². The molecule has 0 spiro atoms. The first-order chi connectivity index (χ1) is 14.9. The number of aromatic nitrogens is 3. The Labute approximate surface area is 177 Å². The highest BCUT2D eigenvalue weighted by atomic mass is 19.1. The standard InChI is InChI=1S/C23H19FN4O3/c1-14(21(25)29)31-23(30)18-11-20(16-7-3-2-4-8-16)27-22-19(18)12-26-28(22)13-15-6-5-9-17(24)10-15/h2-12,14H,13H2,1H3,(H2,25,29). The minimum Gasteiger partial charge on any atom is -0.449 e. The zero-order chi connectivity index (χ0) is 22.0. The van der Waals surface area contributed by atoms with Crippen molar-refractivity contribution in [1.82, 2.24) is 14.8 Å². The van der Waals surface area contributed by atoms with E-state index in [0.29, 0.717) is 22.3 Å². The number of primary amides is 1. The molecule has 1 atom stereocenters. The van der Waals surface area contributed by atoms with Crippen molar-refractivity contribution in [3.63, 3.8) is 0 Å². The van der Waals surface area contributed by atoms with Crippen LogP contribution in [0.1, 0.15) is 22.8 Å². The average molecular weight is 418 g/mol. The Morgan fingerprint density at radius 3 is 2.61 bits per heavy atom. The van der Waals surface area contributed by atoms with Gasteiger partial charge in [-0.1, -0.05) is 42.5 Å². The Bertz CT molecular complexity index is 1270. The van der Waals surface area contributed by atoms with Gasteiger partial charge in [0.25, 0.3) is 5.91 Å². The number of hydrogen-bond acceptors (Lipinski definition) is 5. The summed E-state index contributed by atoms with van der Waals surface area (Å²) in [5.41, 5.74) is 7.89. The van der Waals surface area contributed by atoms with Crippen LogP contribution in [0.5, 0.6) is 0 Å². The second-order valence-electron chi connectivity index (χ2n) is 7.04. The number of carbonyl (C=O) groups is 2. The van der Waals surface area contributed by atoms with Crippen LogP contribution in [-0.4, -0.2) is 32.7 Å². The summed E-state index contributed by atoms with van der Waals surface area (Å²) in [6.07, 6.45) is 0.417. The third kappa shape index (κ3) is 4.28. The van der Waals surface area contributed by atoms with Crippen LogP contribution in [0.3, 0.4) is 0 Å². The van der Waals surface area contributed by atoms with Gasteiger partial charge in [0.05, 0.1) is 29.4 Å². The molecular weight excluding hydrogens is 399 g/mol. The van der Waals surface area contributed by atoms with Crippen LogP contribution in [0.2, 0.25) is 0 Å². The molecule has 0 bridgehead atoms. The molecule has 1 unspecified atom stereocenters. The van der Waals surface area contributed by atoms with Crippen molar-refractivity contribution < 1.29 is 18.7 Å². The maximum Gasteiger partial charge on any atom is 0.339 e. The number of rotatable bonds is 6. The van der Waals surface area contributed by atoms with Crippen LogP contribution < -0.4 is 5.73 Å². The largest absolute Gasteiger partial charge is 0.449 e. The molecule has 0 fully saturated rings. The van der Waals surface area contributed by atoms with Crippen molar-refractivity contribution in [3.8, 4) is 11.3 Å². The number of pyridine rings is 1. The molecule has 0 aliphatic rings. The fourth-order valence-corrected chi connectivity index (χ4v) is 3.18. The van der Waals surface area contributed by atoms with Gasteiger partial charge in [0.15, 0.2) is 11.8 Å². The molecule has 0 saturated carbocycles. The molecule has 8 heteroatoms. The van der Waals surface area contributed by atoms with Crippen LogP contribution in [0.4, 0.5) is 4.39 Å². The van der Waals surface area contributed by atoms with E-state index in [-0.39, 0.29) is 17.9 Å². The van der Waals surface area contributed by atoms with Crippen LogP contribution in [0.15, 0.2) is 66.9 Å². The number of fused-ring (bicyclic) bond motifs is 1. The Hall–Kier alpha value is -4.07. The summed E-state index contributed by atoms with van der Waals surface area (Å²) in [5, 5.41) is 4.80. The topological polar surface area (TPSA) is 100 Å². The third-order valence-corrected chi connectivity index (χ3v) is 4.80. The van der Waals surface area contributed by atoms with E-state index in [9.17, 15) is 14.0 Å². The first kappa shape index (κ1) is 20.2. The van der Waals surface area contributed by atoms with Gasteiger partial charge in [-0.3, -0.25) is 4.79 Å². The van der Waals surface area contributed by atoms with E-state index in [0.717, 1.165) is 5.56 Å². The summed E-state index contributed by atoms with van der Waals surface area (Å²) in [6, 6.07) is 17.1. The van der Waals surface area contributed by atoms with Crippen LogP contribution in [0.25, 0.3) is 22.3 Å². The lowest BCUT2D eigenvalue weighted by molar-refractivity contribution is -0.125. The molecule has 7 nitrogen and oxygen atoms in total. The predicted octanol–water partition coefficient (Wildman–Crippen LogP) is 3.32. The number of hydrogen-bond donors (Lipinski definition) is 1. The molecule has 2 N–H and O–H groups in total. The molecule has 4 rings (SSSR count). The van der Waals surface area contributed by atoms with Gasteiger partial charge in [0.1, 0.15) is 5.82 Å². The number of carbonyl (C=O) groups excluding carboxylic acids is 2. The van der Waals surface area contributed by atoms with Gasteiger partial charge in [0.2, 0.25) is 0 Å². The molecule has 0 aliphatic heterocycles. The minimum atomic E-state index is -1.08. The number of esters is 1. The number of halogens is 1. The quantitative estimate of drug-likeness (QED) is 0.484. The summed E-state index contributed by atoms with van der Waals surface area (Å²) in [6.45, 7) is 1.67. The monoisotopic (exact) mass is 418 g/mol. The number of amides is 1. The minimum absolute atomic E-state index is 0.211. The van der Waals surface area contributed by atoms with E-state index in [4.69, 9.17) is 10.5 Å². The fourth-order valence-electron chi connectivity index (χ4n) is 3.18. The maximum absolute atomic E-state index is 13.6. The zero-order valence-corrected chi connectivity index (χ0v) is 16.7. The lowest BCUT2D eigenvalue weighted by atomic mass is 10.1. The lowest BCUT2D eigenvalue weighted by Crippen LogP contribution is -2.30. The SMILES string of the molecule is CC(OC(=O)c1cc(-c2ccccc2)nc2c1cnn2Cc1cccc(F)c1)C(N)=O. The summed E-state index contributed by atoms with van der Waals surface area (Å²) in [5.74, 6) is -1.80. The van der Waals surface area contributed by atoms with Gasteiger partial charge in [-0.05, 0) is 30.7 Å². The predicted molar refractivity (Wildman–Crippen MR) is 113 cm³/mol. The molecule has 2 aromatic carbocycles. The average Bonchev–Trinajstić information content (AvgIpc) is 3.16. The van der Waals surface area contributed by atoms with Crippen molar-refractivity contribution in [2.24, 2.45) is 5.73 Å². The summed E-state index contributed by atoms with van der Waals surface area (Å²) < 4.78 is 20.4. The second-order valence-corrected chi connectivity index (χ2v) is 7.04. The van der Waals surface area contributed by atoms with Gasteiger partial charge in [-0.15, -0.1) is 0 Å². The highest BCUT2D eigenvalue weighted by Gasteiger charge is 2.22. The molecule has 0 radical (unpaired) electrons. The second kappa shape index (κ2) is 8.35. The molecular formula is C23H19FN4O3. The van der Waals surface area contributed by atoms with Crippen LogP contribution >= 0.6 is 0 Å². The molecule has 0 aliphatic carbocycles. The first-order valence-electron chi connectivity index (χ1n) is 9.59. The van der Waals surface area contributed by atoms with Crippen LogP contribution in [0, 0.1) is 5.82 Å². The van der Waals surface area contributed by atoms with Crippen molar-refractivity contribution in [1.29, 1.82) is 0 Å². The first-order valence-corrected chi connectivity index (χ1v) is 9.59. The van der Waals surface area contributed by atoms with E-state index in [1.165, 1.54) is 25.3 Å². The summed E-state index contributed by atoms with van der Waals surface area (Å²) >= 11 is 0. The van der Waals surface area contributed by atoms with E-state index >= 15 is 0 Å². The van der Waals surface area contributed by atoms with E-state index in [1.54, 1.807) is 22.9 Å². The van der Waals surface area contributed by atoms with Crippen molar-refractivity contribution >= 4 is 22.9 Å². The van der Waals surface area contributed by atoms with Gasteiger partial charge in [-0.25, -0.2) is 18.9 Å². The Morgan fingerprint density at radius 1 is 1.13 bits per heavy atom. The molecule has 2 aromatic heterocycles. The highest BCUT2D eigenvalue weighted by molar-refractivity contribution is 6.04. The molecule has 0 saturated heterocycles. The van der Waals surface area contributed by atoms with E-state index < -0.39 is 18.0 Å². The van der Waals surface area contributed by atoms with Crippen molar-refractivity contribution in [2.45, 2.75) is 19.6 Å². The number of ether oxygens (including phenoxy) is 1. The molecule has 1 amide bonds. The Balaban J connectivity index is 1.83. The highest BCUT2D eigenvalue weighted by Crippen LogP contribution is 2.26. The molecule has 31 heavy (non-hydrogen) atoms. The van der Waals surface area contributed by atoms with E-state index in [2.05, 4.69) is 10.1 Å². The number of benzene rings is 2.